The van der Waals surface area contributed by atoms with Gasteiger partial charge in [0.2, 0.25) is 0 Å². The maximum absolute atomic E-state index is 11.8. The van der Waals surface area contributed by atoms with Crippen LogP contribution in [0.5, 0.6) is 0 Å². The van der Waals surface area contributed by atoms with Crippen LogP contribution in [0.3, 0.4) is 0 Å². The van der Waals surface area contributed by atoms with Crippen molar-refractivity contribution in [1.29, 1.82) is 0 Å². The van der Waals surface area contributed by atoms with E-state index in [1.54, 1.807) is 24.3 Å². The Morgan fingerprint density at radius 2 is 2.00 bits per heavy atom. The van der Waals surface area contributed by atoms with Crippen molar-refractivity contribution in [3.8, 4) is 0 Å². The number of nitrogens with one attached hydrogen (secondary N) is 4. The highest BCUT2D eigenvalue weighted by Crippen LogP contribution is 2.17. The van der Waals surface area contributed by atoms with E-state index in [1.807, 2.05) is 0 Å². The van der Waals surface area contributed by atoms with Crippen molar-refractivity contribution in [1.82, 2.24) is 16.2 Å². The van der Waals surface area contributed by atoms with E-state index in [0.717, 1.165) is 5.39 Å². The van der Waals surface area contributed by atoms with E-state index in [4.69, 9.17) is 4.42 Å². The van der Waals surface area contributed by atoms with Crippen molar-refractivity contribution in [2.45, 2.75) is 6.04 Å². The van der Waals surface area contributed by atoms with Crippen LogP contribution in [-0.2, 0) is 0 Å². The van der Waals surface area contributed by atoms with Gasteiger partial charge < -0.3 is 15.1 Å². The molecule has 1 aliphatic rings. The van der Waals surface area contributed by atoms with Crippen LogP contribution in [-0.4, -0.2) is 25.2 Å². The number of hydrogen-bond donors (Lipinski definition) is 4. The van der Waals surface area contributed by atoms with Crippen LogP contribution in [0.2, 0.25) is 0 Å². The van der Waals surface area contributed by atoms with E-state index in [2.05, 4.69) is 21.5 Å². The van der Waals surface area contributed by atoms with Gasteiger partial charge in [-0.25, -0.2) is 9.59 Å². The van der Waals surface area contributed by atoms with Gasteiger partial charge in [0.05, 0.1) is 6.04 Å². The number of amides is 2. The highest BCUT2D eigenvalue weighted by atomic mass is 16.4. The van der Waals surface area contributed by atoms with Gasteiger partial charge in [0.25, 0.3) is 0 Å². The number of carbonyl (C=O) groups excluding carboxylic acids is 1. The second-order valence-corrected chi connectivity index (χ2v) is 4.56. The van der Waals surface area contributed by atoms with Gasteiger partial charge in [-0.2, -0.15) is 0 Å². The molecule has 7 nitrogen and oxygen atoms in total. The lowest BCUT2D eigenvalue weighted by Crippen LogP contribution is -2.40. The molecule has 4 N–H and O–H groups in total. The Hall–Kier alpha value is -2.38. The van der Waals surface area contributed by atoms with Gasteiger partial charge in [-0.05, 0) is 24.3 Å². The van der Waals surface area contributed by atoms with E-state index >= 15 is 0 Å². The number of urea groups is 1. The van der Waals surface area contributed by atoms with Crippen LogP contribution in [0, 0.1) is 0 Å². The Morgan fingerprint density at radius 3 is 2.80 bits per heavy atom. The average Bonchev–Trinajstić information content (AvgIpc) is 2.91. The van der Waals surface area contributed by atoms with Crippen molar-refractivity contribution in [3.05, 3.63) is 40.8 Å². The summed E-state index contributed by atoms with van der Waals surface area (Å²) in [6, 6.07) is 7.91. The van der Waals surface area contributed by atoms with Gasteiger partial charge in [0, 0.05) is 30.2 Å². The topological polar surface area (TPSA) is 95.4 Å². The first-order valence-corrected chi connectivity index (χ1v) is 6.28. The lowest BCUT2D eigenvalue weighted by Gasteiger charge is -2.12. The predicted octanol–water partition coefficient (Wildman–Crippen LogP) is 0.391. The number of hydrazine groups is 1. The summed E-state index contributed by atoms with van der Waals surface area (Å²) in [5.74, 6) is 0. The molecule has 1 aromatic carbocycles. The minimum absolute atomic E-state index is 0.0634. The monoisotopic (exact) mass is 274 g/mol. The Balaban J connectivity index is 1.72. The number of rotatable bonds is 2. The van der Waals surface area contributed by atoms with Crippen LogP contribution >= 0.6 is 0 Å². The molecule has 1 aromatic heterocycles. The summed E-state index contributed by atoms with van der Waals surface area (Å²) < 4.78 is 5.03. The molecule has 1 aliphatic heterocycles. The van der Waals surface area contributed by atoms with Crippen LogP contribution in [0.25, 0.3) is 11.0 Å². The molecule has 0 saturated carbocycles. The molecule has 2 amide bonds. The fourth-order valence-corrected chi connectivity index (χ4v) is 2.07. The van der Waals surface area contributed by atoms with E-state index in [-0.39, 0.29) is 12.1 Å². The number of carbonyl (C=O) groups is 1. The van der Waals surface area contributed by atoms with Gasteiger partial charge in [-0.1, -0.05) is 0 Å². The molecule has 1 fully saturated rings. The zero-order valence-electron chi connectivity index (χ0n) is 10.6. The Bertz CT molecular complexity index is 691. The van der Waals surface area contributed by atoms with Crippen LogP contribution in [0.1, 0.15) is 0 Å². The second kappa shape index (κ2) is 5.32. The van der Waals surface area contributed by atoms with Crippen molar-refractivity contribution in [3.63, 3.8) is 0 Å². The molecule has 1 saturated heterocycles. The molecule has 0 radical (unpaired) electrons. The van der Waals surface area contributed by atoms with Gasteiger partial charge in [-0.15, -0.1) is 0 Å². The lowest BCUT2D eigenvalue weighted by atomic mass is 10.2. The molecule has 104 valence electrons. The molecular formula is C13H14N4O3. The smallest absolute Gasteiger partial charge is 0.336 e. The maximum atomic E-state index is 11.8. The fourth-order valence-electron chi connectivity index (χ4n) is 2.07. The average molecular weight is 274 g/mol. The summed E-state index contributed by atoms with van der Waals surface area (Å²) in [5.41, 5.74) is 6.62. The first-order chi connectivity index (χ1) is 9.70. The molecule has 0 unspecified atom stereocenters. The van der Waals surface area contributed by atoms with Crippen LogP contribution in [0.4, 0.5) is 10.5 Å². The summed E-state index contributed by atoms with van der Waals surface area (Å²) in [6.07, 6.45) is 0. The van der Waals surface area contributed by atoms with Crippen molar-refractivity contribution in [2.24, 2.45) is 0 Å². The summed E-state index contributed by atoms with van der Waals surface area (Å²) in [5, 5.41) is 6.34. The first kappa shape index (κ1) is 12.6. The number of fused-ring (bicyclic) bond motifs is 1. The summed E-state index contributed by atoms with van der Waals surface area (Å²) in [4.78, 5) is 22.9. The number of hydrogen-bond acceptors (Lipinski definition) is 5. The minimum Gasteiger partial charge on any atom is -0.423 e. The Labute approximate surface area is 114 Å². The normalized spacial score (nSPS) is 15.4. The SMILES string of the molecule is O=C(Nc1ccc2oc(=O)ccc2c1)NC1CNNC1. The zero-order valence-corrected chi connectivity index (χ0v) is 10.6. The number of benzene rings is 1. The zero-order chi connectivity index (χ0) is 13.9. The standard InChI is InChI=1S/C13H14N4O3/c18-12-4-1-8-5-9(2-3-11(8)20-12)16-13(19)17-10-6-14-15-7-10/h1-5,10,14-15H,6-7H2,(H2,16,17,19). The van der Waals surface area contributed by atoms with E-state index in [9.17, 15) is 9.59 Å². The molecule has 0 bridgehead atoms. The van der Waals surface area contributed by atoms with Gasteiger partial charge in [0.15, 0.2) is 0 Å². The molecule has 2 aromatic rings. The van der Waals surface area contributed by atoms with Gasteiger partial charge in [-0.3, -0.25) is 10.9 Å². The molecule has 0 atom stereocenters. The minimum atomic E-state index is -0.391. The predicted molar refractivity (Wildman–Crippen MR) is 74.4 cm³/mol. The summed E-state index contributed by atoms with van der Waals surface area (Å²) in [7, 11) is 0. The first-order valence-electron chi connectivity index (χ1n) is 6.28. The summed E-state index contributed by atoms with van der Waals surface area (Å²) >= 11 is 0. The fraction of sp³-hybridized carbons (Fsp3) is 0.231. The Kier molecular flexibility index (Phi) is 3.36. The maximum Gasteiger partial charge on any atom is 0.336 e. The van der Waals surface area contributed by atoms with Crippen molar-refractivity contribution < 1.29 is 9.21 Å². The molecule has 20 heavy (non-hydrogen) atoms. The number of anilines is 1. The lowest BCUT2D eigenvalue weighted by molar-refractivity contribution is 0.249. The van der Waals surface area contributed by atoms with E-state index in [0.29, 0.717) is 24.4 Å². The molecule has 0 aliphatic carbocycles. The molecule has 0 spiro atoms. The van der Waals surface area contributed by atoms with Crippen molar-refractivity contribution >= 4 is 22.7 Å². The van der Waals surface area contributed by atoms with Gasteiger partial charge in [0.1, 0.15) is 5.58 Å². The summed E-state index contributed by atoms with van der Waals surface area (Å²) in [6.45, 7) is 1.38. The highest BCUT2D eigenvalue weighted by molar-refractivity contribution is 5.92. The third-order valence-electron chi connectivity index (χ3n) is 3.03. The quantitative estimate of drug-likeness (QED) is 0.594. The second-order valence-electron chi connectivity index (χ2n) is 4.56. The van der Waals surface area contributed by atoms with Crippen molar-refractivity contribution in [2.75, 3.05) is 18.4 Å². The largest absolute Gasteiger partial charge is 0.423 e. The molecule has 7 heteroatoms. The third kappa shape index (κ3) is 2.79. The molecule has 3 rings (SSSR count). The molecule has 2 heterocycles. The Morgan fingerprint density at radius 1 is 1.20 bits per heavy atom. The van der Waals surface area contributed by atoms with E-state index < -0.39 is 5.63 Å². The highest BCUT2D eigenvalue weighted by Gasteiger charge is 2.16. The van der Waals surface area contributed by atoms with E-state index in [1.165, 1.54) is 6.07 Å². The molecular weight excluding hydrogens is 260 g/mol. The van der Waals surface area contributed by atoms with Crippen LogP contribution < -0.4 is 27.1 Å². The third-order valence-corrected chi connectivity index (χ3v) is 3.03. The van der Waals surface area contributed by atoms with Gasteiger partial charge >= 0.3 is 11.7 Å². The van der Waals surface area contributed by atoms with Crippen LogP contribution in [0.15, 0.2) is 39.5 Å².